The van der Waals surface area contributed by atoms with Crippen LogP contribution in [0.3, 0.4) is 0 Å². The van der Waals surface area contributed by atoms with Crippen LogP contribution >= 0.6 is 0 Å². The zero-order valence-corrected chi connectivity index (χ0v) is 15.3. The largest absolute Gasteiger partial charge is 0.346 e. The van der Waals surface area contributed by atoms with Gasteiger partial charge < -0.3 is 4.57 Å². The molecule has 4 atom stereocenters. The van der Waals surface area contributed by atoms with E-state index in [0.29, 0.717) is 0 Å². The lowest BCUT2D eigenvalue weighted by molar-refractivity contribution is -0.0409. The summed E-state index contributed by atoms with van der Waals surface area (Å²) in [4.78, 5) is 2.83. The minimum absolute atomic E-state index is 0.210. The number of hydrogen-bond acceptors (Lipinski definition) is 1. The molecule has 2 nitrogen and oxygen atoms in total. The molecule has 127 valence electrons. The second-order valence-electron chi connectivity index (χ2n) is 8.67. The van der Waals surface area contributed by atoms with Crippen molar-refractivity contribution in [2.75, 3.05) is 13.1 Å². The molecule has 3 aliphatic rings. The summed E-state index contributed by atoms with van der Waals surface area (Å²) in [5, 5.41) is 1.49. The van der Waals surface area contributed by atoms with Gasteiger partial charge in [-0.05, 0) is 68.4 Å². The SMILES string of the molecule is C[C@H]1[CH]CCC2CN3CCc4c(n(C)c5ccccc45)[C@]3(C)CC21. The molecule has 1 radical (unpaired) electrons. The average Bonchev–Trinajstić information content (AvgIpc) is 2.88. The Morgan fingerprint density at radius 3 is 2.92 bits per heavy atom. The van der Waals surface area contributed by atoms with Crippen LogP contribution in [0.2, 0.25) is 0 Å². The molecule has 0 N–H and O–H groups in total. The molecule has 0 spiro atoms. The Hall–Kier alpha value is -1.28. The van der Waals surface area contributed by atoms with Crippen molar-refractivity contribution < 1.29 is 0 Å². The Balaban J connectivity index is 1.66. The Morgan fingerprint density at radius 2 is 2.04 bits per heavy atom. The summed E-state index contributed by atoms with van der Waals surface area (Å²) < 4.78 is 2.51. The van der Waals surface area contributed by atoms with E-state index in [1.165, 1.54) is 49.7 Å². The van der Waals surface area contributed by atoms with Crippen molar-refractivity contribution in [3.8, 4) is 0 Å². The van der Waals surface area contributed by atoms with Gasteiger partial charge in [-0.15, -0.1) is 0 Å². The fourth-order valence-corrected chi connectivity index (χ4v) is 6.29. The van der Waals surface area contributed by atoms with Gasteiger partial charge in [-0.3, -0.25) is 4.90 Å². The van der Waals surface area contributed by atoms with Gasteiger partial charge >= 0.3 is 0 Å². The third kappa shape index (κ3) is 1.87. The zero-order chi connectivity index (χ0) is 16.5. The van der Waals surface area contributed by atoms with Gasteiger partial charge in [0.05, 0.1) is 5.54 Å². The third-order valence-electron chi connectivity index (χ3n) is 7.50. The summed E-state index contributed by atoms with van der Waals surface area (Å²) in [6, 6.07) is 9.01. The first-order chi connectivity index (χ1) is 11.6. The summed E-state index contributed by atoms with van der Waals surface area (Å²) in [6.45, 7) is 7.53. The van der Waals surface area contributed by atoms with Crippen LogP contribution in [-0.2, 0) is 19.0 Å². The van der Waals surface area contributed by atoms with Crippen molar-refractivity contribution in [2.45, 2.75) is 45.1 Å². The molecule has 1 saturated heterocycles. The lowest BCUT2D eigenvalue weighted by Gasteiger charge is -2.56. The number of nitrogens with zero attached hydrogens (tertiary/aromatic N) is 2. The van der Waals surface area contributed by atoms with Gasteiger partial charge in [-0.25, -0.2) is 0 Å². The minimum Gasteiger partial charge on any atom is -0.346 e. The van der Waals surface area contributed by atoms with Gasteiger partial charge in [-0.2, -0.15) is 0 Å². The number of hydrogen-bond donors (Lipinski definition) is 0. The topological polar surface area (TPSA) is 8.17 Å². The molecule has 0 amide bonds. The van der Waals surface area contributed by atoms with Crippen LogP contribution in [0.5, 0.6) is 0 Å². The molecule has 2 unspecified atom stereocenters. The van der Waals surface area contributed by atoms with Crippen LogP contribution in [0.1, 0.15) is 44.4 Å². The van der Waals surface area contributed by atoms with E-state index in [1.807, 2.05) is 0 Å². The third-order valence-corrected chi connectivity index (χ3v) is 7.50. The van der Waals surface area contributed by atoms with Crippen molar-refractivity contribution >= 4 is 10.9 Å². The van der Waals surface area contributed by atoms with Crippen LogP contribution in [0.4, 0.5) is 0 Å². The van der Waals surface area contributed by atoms with Crippen LogP contribution in [0, 0.1) is 24.2 Å². The van der Waals surface area contributed by atoms with Crippen molar-refractivity contribution in [1.82, 2.24) is 9.47 Å². The molecule has 1 aromatic carbocycles. The lowest BCUT2D eigenvalue weighted by atomic mass is 9.63. The number of para-hydroxylation sites is 1. The smallest absolute Gasteiger partial charge is 0.0591 e. The highest BCUT2D eigenvalue weighted by molar-refractivity contribution is 5.86. The fraction of sp³-hybridized carbons (Fsp3) is 0.591. The molecule has 2 aromatic rings. The van der Waals surface area contributed by atoms with Crippen molar-refractivity contribution in [3.05, 3.63) is 41.9 Å². The standard InChI is InChI=1S/C22H29N2/c1-15-7-6-8-16-14-24-12-11-18-17-9-4-5-10-20(17)23(3)21(18)22(24,2)13-19(15)16/h4-5,7,9-10,15-16,19H,6,8,11-14H2,1-3H3/t15-,16?,19?,22-/m0/s1. The van der Waals surface area contributed by atoms with Gasteiger partial charge in [0.2, 0.25) is 0 Å². The predicted molar refractivity (Wildman–Crippen MR) is 99.8 cm³/mol. The molecule has 3 heterocycles. The van der Waals surface area contributed by atoms with E-state index >= 15 is 0 Å². The summed E-state index contributed by atoms with van der Waals surface area (Å²) in [7, 11) is 2.29. The fourth-order valence-electron chi connectivity index (χ4n) is 6.29. The molecular weight excluding hydrogens is 292 g/mol. The van der Waals surface area contributed by atoms with Crippen LogP contribution in [0.15, 0.2) is 24.3 Å². The Morgan fingerprint density at radius 1 is 1.21 bits per heavy atom. The minimum atomic E-state index is 0.210. The van der Waals surface area contributed by atoms with Gasteiger partial charge in [0.25, 0.3) is 0 Å². The monoisotopic (exact) mass is 321 g/mol. The normalized spacial score (nSPS) is 36.2. The lowest BCUT2D eigenvalue weighted by Crippen LogP contribution is -2.58. The number of rotatable bonds is 0. The predicted octanol–water partition coefficient (Wildman–Crippen LogP) is 4.52. The van der Waals surface area contributed by atoms with E-state index in [0.717, 1.165) is 17.8 Å². The molecule has 2 fully saturated rings. The summed E-state index contributed by atoms with van der Waals surface area (Å²) in [5.41, 5.74) is 4.85. The number of piperidine rings is 1. The maximum absolute atomic E-state index is 2.83. The molecule has 2 heteroatoms. The summed E-state index contributed by atoms with van der Waals surface area (Å²) >= 11 is 0. The first kappa shape index (κ1) is 15.0. The second kappa shape index (κ2) is 5.11. The van der Waals surface area contributed by atoms with E-state index in [-0.39, 0.29) is 5.54 Å². The van der Waals surface area contributed by atoms with Gasteiger partial charge in [0, 0.05) is 36.7 Å². The number of benzene rings is 1. The van der Waals surface area contributed by atoms with E-state index in [1.54, 1.807) is 11.3 Å². The van der Waals surface area contributed by atoms with Crippen LogP contribution < -0.4 is 0 Å². The highest BCUT2D eigenvalue weighted by atomic mass is 15.2. The zero-order valence-electron chi connectivity index (χ0n) is 15.3. The van der Waals surface area contributed by atoms with E-state index in [2.05, 4.69) is 61.0 Å². The molecule has 5 rings (SSSR count). The maximum atomic E-state index is 2.83. The number of aromatic nitrogens is 1. The number of aryl methyl sites for hydroxylation is 1. The molecule has 2 aliphatic heterocycles. The molecule has 1 aromatic heterocycles. The Kier molecular flexibility index (Phi) is 3.20. The van der Waals surface area contributed by atoms with Crippen LogP contribution in [0.25, 0.3) is 10.9 Å². The average molecular weight is 321 g/mol. The van der Waals surface area contributed by atoms with Crippen molar-refractivity contribution in [1.29, 1.82) is 0 Å². The van der Waals surface area contributed by atoms with E-state index in [4.69, 9.17) is 0 Å². The molecule has 1 saturated carbocycles. The van der Waals surface area contributed by atoms with Gasteiger partial charge in [0.1, 0.15) is 0 Å². The van der Waals surface area contributed by atoms with Gasteiger partial charge in [0.15, 0.2) is 0 Å². The second-order valence-corrected chi connectivity index (χ2v) is 8.67. The first-order valence-corrected chi connectivity index (χ1v) is 9.75. The van der Waals surface area contributed by atoms with Crippen molar-refractivity contribution in [2.24, 2.45) is 24.8 Å². The highest BCUT2D eigenvalue weighted by Crippen LogP contribution is 2.52. The maximum Gasteiger partial charge on any atom is 0.0591 e. The Labute approximate surface area is 145 Å². The first-order valence-electron chi connectivity index (χ1n) is 9.75. The van der Waals surface area contributed by atoms with E-state index < -0.39 is 0 Å². The quantitative estimate of drug-likeness (QED) is 0.692. The molecule has 1 aliphatic carbocycles. The van der Waals surface area contributed by atoms with Crippen molar-refractivity contribution in [3.63, 3.8) is 0 Å². The van der Waals surface area contributed by atoms with Crippen LogP contribution in [-0.4, -0.2) is 22.6 Å². The Bertz CT molecular complexity index is 789. The van der Waals surface area contributed by atoms with E-state index in [9.17, 15) is 0 Å². The molecular formula is C22H29N2. The molecule has 24 heavy (non-hydrogen) atoms. The van der Waals surface area contributed by atoms with Gasteiger partial charge in [-0.1, -0.05) is 25.1 Å². The molecule has 0 bridgehead atoms. The summed E-state index contributed by atoms with van der Waals surface area (Å²) in [5.74, 6) is 2.56. The number of fused-ring (bicyclic) bond motifs is 6. The summed E-state index contributed by atoms with van der Waals surface area (Å²) in [6.07, 6.45) is 7.86. The highest BCUT2D eigenvalue weighted by Gasteiger charge is 2.50.